The molecular weight excluding hydrogens is 396 g/mol. The number of carbonyl (C=O) groups excluding carboxylic acids is 2. The number of hydrogen-bond donors (Lipinski definition) is 1. The van der Waals surface area contributed by atoms with Gasteiger partial charge in [0.05, 0.1) is 7.11 Å². The van der Waals surface area contributed by atoms with Crippen LogP contribution in [0.5, 0.6) is 0 Å². The number of carbonyl (C=O) groups is 2. The Hall–Kier alpha value is -2.85. The lowest BCUT2D eigenvalue weighted by atomic mass is 10.2. The summed E-state index contributed by atoms with van der Waals surface area (Å²) in [5, 5.41) is 2.73. The number of benzene rings is 1. The third kappa shape index (κ3) is 4.77. The summed E-state index contributed by atoms with van der Waals surface area (Å²) in [5.74, 6) is -0.442. The molecule has 0 aliphatic rings. The first-order valence-electron chi connectivity index (χ1n) is 9.05. The van der Waals surface area contributed by atoms with Crippen LogP contribution in [0.2, 0.25) is 0 Å². The zero-order chi connectivity index (χ0) is 21.8. The van der Waals surface area contributed by atoms with Gasteiger partial charge in [0, 0.05) is 44.8 Å². The fraction of sp³-hybridized carbons (Fsp3) is 0.368. The van der Waals surface area contributed by atoms with E-state index in [1.165, 1.54) is 33.1 Å². The molecule has 0 unspecified atom stereocenters. The van der Waals surface area contributed by atoms with E-state index < -0.39 is 22.0 Å². The molecule has 0 aliphatic carbocycles. The highest BCUT2D eigenvalue weighted by Crippen LogP contribution is 2.21. The Kier molecular flexibility index (Phi) is 7.04. The standard InChI is InChI=1S/C19H26N4O5S/c1-6-23(7-2)29(26,27)16-12-17(21(3)13-16)18(24)20-14-8-10-15(11-9-14)22(4)19(25)28-5/h8-13H,6-7H2,1-5H3,(H,20,24). The van der Waals surface area contributed by atoms with Gasteiger partial charge in [-0.15, -0.1) is 0 Å². The Balaban J connectivity index is 2.20. The molecule has 1 aromatic carbocycles. The number of sulfonamides is 1. The molecule has 1 N–H and O–H groups in total. The largest absolute Gasteiger partial charge is 0.452 e. The first kappa shape index (κ1) is 22.4. The van der Waals surface area contributed by atoms with Crippen molar-refractivity contribution in [2.75, 3.05) is 37.5 Å². The predicted molar refractivity (Wildman–Crippen MR) is 111 cm³/mol. The molecule has 0 saturated heterocycles. The lowest BCUT2D eigenvalue weighted by molar-refractivity contribution is 0.101. The van der Waals surface area contributed by atoms with Gasteiger partial charge in [-0.1, -0.05) is 13.8 Å². The summed E-state index contributed by atoms with van der Waals surface area (Å²) in [4.78, 5) is 25.6. The summed E-state index contributed by atoms with van der Waals surface area (Å²) < 4.78 is 32.8. The van der Waals surface area contributed by atoms with Gasteiger partial charge in [0.2, 0.25) is 10.0 Å². The molecule has 0 spiro atoms. The van der Waals surface area contributed by atoms with Crippen molar-refractivity contribution in [3.8, 4) is 0 Å². The van der Waals surface area contributed by atoms with Gasteiger partial charge in [-0.2, -0.15) is 4.31 Å². The van der Waals surface area contributed by atoms with Gasteiger partial charge in [-0.25, -0.2) is 13.2 Å². The van der Waals surface area contributed by atoms with Crippen molar-refractivity contribution in [1.29, 1.82) is 0 Å². The van der Waals surface area contributed by atoms with Crippen LogP contribution in [0.3, 0.4) is 0 Å². The molecule has 2 aromatic rings. The first-order chi connectivity index (χ1) is 13.6. The number of nitrogens with zero attached hydrogens (tertiary/aromatic N) is 3. The second-order valence-corrected chi connectivity index (χ2v) is 8.23. The van der Waals surface area contributed by atoms with Gasteiger partial charge < -0.3 is 14.6 Å². The molecule has 0 radical (unpaired) electrons. The maximum absolute atomic E-state index is 12.7. The third-order valence-electron chi connectivity index (χ3n) is 4.52. The Morgan fingerprint density at radius 2 is 1.72 bits per heavy atom. The molecule has 0 saturated carbocycles. The number of aromatic nitrogens is 1. The van der Waals surface area contributed by atoms with Gasteiger partial charge >= 0.3 is 6.09 Å². The number of aryl methyl sites for hydroxylation is 1. The zero-order valence-corrected chi connectivity index (χ0v) is 18.0. The quantitative estimate of drug-likeness (QED) is 0.739. The fourth-order valence-electron chi connectivity index (χ4n) is 2.82. The topological polar surface area (TPSA) is 101 Å². The third-order valence-corrected chi connectivity index (χ3v) is 6.53. The number of anilines is 2. The highest BCUT2D eigenvalue weighted by Gasteiger charge is 2.25. The molecule has 2 rings (SSSR count). The van der Waals surface area contributed by atoms with Crippen LogP contribution in [0, 0.1) is 0 Å². The summed E-state index contributed by atoms with van der Waals surface area (Å²) in [6.07, 6.45) is 0.921. The van der Waals surface area contributed by atoms with Gasteiger partial charge in [-0.05, 0) is 30.3 Å². The molecule has 2 amide bonds. The lowest BCUT2D eigenvalue weighted by Crippen LogP contribution is -2.30. The van der Waals surface area contributed by atoms with E-state index in [0.29, 0.717) is 24.5 Å². The molecule has 158 valence electrons. The van der Waals surface area contributed by atoms with Crippen LogP contribution >= 0.6 is 0 Å². The lowest BCUT2D eigenvalue weighted by Gasteiger charge is -2.17. The van der Waals surface area contributed by atoms with Crippen molar-refractivity contribution < 1.29 is 22.7 Å². The fourth-order valence-corrected chi connectivity index (χ4v) is 4.35. The minimum absolute atomic E-state index is 0.0731. The van der Waals surface area contributed by atoms with Crippen LogP contribution in [0.15, 0.2) is 41.4 Å². The van der Waals surface area contributed by atoms with Crippen LogP contribution < -0.4 is 10.2 Å². The summed E-state index contributed by atoms with van der Waals surface area (Å²) in [5.41, 5.74) is 1.32. The zero-order valence-electron chi connectivity index (χ0n) is 17.2. The SMILES string of the molecule is CCN(CC)S(=O)(=O)c1cc(C(=O)Nc2ccc(N(C)C(=O)OC)cc2)n(C)c1. The molecule has 9 nitrogen and oxygen atoms in total. The molecule has 1 heterocycles. The number of amides is 2. The number of rotatable bonds is 7. The summed E-state index contributed by atoms with van der Waals surface area (Å²) in [6.45, 7) is 4.22. The van der Waals surface area contributed by atoms with Gasteiger partial charge in [0.15, 0.2) is 0 Å². The van der Waals surface area contributed by atoms with Gasteiger partial charge in [0.25, 0.3) is 5.91 Å². The van der Waals surface area contributed by atoms with Crippen molar-refractivity contribution in [3.63, 3.8) is 0 Å². The smallest absolute Gasteiger partial charge is 0.413 e. The van der Waals surface area contributed by atoms with E-state index in [2.05, 4.69) is 10.1 Å². The molecule has 10 heteroatoms. The highest BCUT2D eigenvalue weighted by molar-refractivity contribution is 7.89. The van der Waals surface area contributed by atoms with E-state index in [1.54, 1.807) is 52.2 Å². The number of hydrogen-bond acceptors (Lipinski definition) is 5. The second-order valence-electron chi connectivity index (χ2n) is 6.29. The minimum atomic E-state index is -3.65. The molecule has 29 heavy (non-hydrogen) atoms. The summed E-state index contributed by atoms with van der Waals surface area (Å²) in [6, 6.07) is 7.97. The van der Waals surface area contributed by atoms with E-state index in [9.17, 15) is 18.0 Å². The van der Waals surface area contributed by atoms with Gasteiger partial charge in [-0.3, -0.25) is 9.69 Å². The Morgan fingerprint density at radius 1 is 1.14 bits per heavy atom. The van der Waals surface area contributed by atoms with Crippen molar-refractivity contribution in [2.45, 2.75) is 18.7 Å². The average molecular weight is 423 g/mol. The van der Waals surface area contributed by atoms with Crippen LogP contribution in [-0.4, -0.2) is 56.5 Å². The van der Waals surface area contributed by atoms with Gasteiger partial charge in [0.1, 0.15) is 10.6 Å². The number of nitrogens with one attached hydrogen (secondary N) is 1. The number of ether oxygens (including phenoxy) is 1. The van der Waals surface area contributed by atoms with Crippen molar-refractivity contribution in [2.24, 2.45) is 7.05 Å². The molecule has 0 fully saturated rings. The van der Waals surface area contributed by atoms with E-state index in [1.807, 2.05) is 0 Å². The molecule has 1 aromatic heterocycles. The van der Waals surface area contributed by atoms with E-state index in [-0.39, 0.29) is 10.6 Å². The Labute approximate surface area is 170 Å². The molecular formula is C19H26N4O5S. The normalized spacial score (nSPS) is 11.4. The van der Waals surface area contributed by atoms with Crippen LogP contribution in [-0.2, 0) is 21.8 Å². The Morgan fingerprint density at radius 3 is 2.24 bits per heavy atom. The molecule has 0 atom stereocenters. The monoisotopic (exact) mass is 422 g/mol. The average Bonchev–Trinajstić information content (AvgIpc) is 3.10. The van der Waals surface area contributed by atoms with Crippen LogP contribution in [0.25, 0.3) is 0 Å². The summed E-state index contributed by atoms with van der Waals surface area (Å²) >= 11 is 0. The molecule has 0 aliphatic heterocycles. The predicted octanol–water partition coefficient (Wildman–Crippen LogP) is 2.51. The first-order valence-corrected chi connectivity index (χ1v) is 10.5. The van der Waals surface area contributed by atoms with Crippen LogP contribution in [0.4, 0.5) is 16.2 Å². The maximum Gasteiger partial charge on any atom is 0.413 e. The highest BCUT2D eigenvalue weighted by atomic mass is 32.2. The summed E-state index contributed by atoms with van der Waals surface area (Å²) in [7, 11) is 0.828. The van der Waals surface area contributed by atoms with Crippen molar-refractivity contribution in [1.82, 2.24) is 8.87 Å². The molecule has 0 bridgehead atoms. The van der Waals surface area contributed by atoms with E-state index in [0.717, 1.165) is 0 Å². The van der Waals surface area contributed by atoms with E-state index >= 15 is 0 Å². The number of methoxy groups -OCH3 is 1. The second kappa shape index (κ2) is 9.10. The van der Waals surface area contributed by atoms with E-state index in [4.69, 9.17) is 0 Å². The maximum atomic E-state index is 12.7. The van der Waals surface area contributed by atoms with Crippen molar-refractivity contribution in [3.05, 3.63) is 42.2 Å². The van der Waals surface area contributed by atoms with Crippen LogP contribution in [0.1, 0.15) is 24.3 Å². The Bertz CT molecular complexity index is 979. The minimum Gasteiger partial charge on any atom is -0.452 e. The van der Waals surface area contributed by atoms with Crippen molar-refractivity contribution >= 4 is 33.4 Å².